The number of nitrogens with one attached hydrogen (secondary N) is 2. The van der Waals surface area contributed by atoms with Crippen LogP contribution in [0.15, 0.2) is 23.1 Å². The molecule has 10 heteroatoms. The lowest BCUT2D eigenvalue weighted by molar-refractivity contribution is -0.119. The van der Waals surface area contributed by atoms with Crippen molar-refractivity contribution in [3.63, 3.8) is 0 Å². The Kier molecular flexibility index (Phi) is 7.06. The van der Waals surface area contributed by atoms with E-state index in [0.717, 1.165) is 13.1 Å². The van der Waals surface area contributed by atoms with Crippen LogP contribution in [-0.2, 0) is 19.6 Å². The zero-order valence-corrected chi connectivity index (χ0v) is 18.6. The second-order valence-electron chi connectivity index (χ2n) is 7.84. The van der Waals surface area contributed by atoms with Crippen LogP contribution in [0.2, 0.25) is 5.02 Å². The van der Waals surface area contributed by atoms with E-state index in [1.54, 1.807) is 19.2 Å². The molecule has 0 saturated carbocycles. The fraction of sp³-hybridized carbons (Fsp3) is 0.632. The topological polar surface area (TPSA) is 91.0 Å². The highest BCUT2D eigenvalue weighted by Crippen LogP contribution is 2.28. The number of halogens is 1. The first-order chi connectivity index (χ1) is 13.6. The molecule has 162 valence electrons. The van der Waals surface area contributed by atoms with Crippen molar-refractivity contribution in [2.24, 2.45) is 0 Å². The van der Waals surface area contributed by atoms with Crippen LogP contribution in [-0.4, -0.2) is 81.6 Å². The maximum absolute atomic E-state index is 13.0. The smallest absolute Gasteiger partial charge is 0.244 e. The highest BCUT2D eigenvalue weighted by atomic mass is 35.5. The Morgan fingerprint density at radius 1 is 1.31 bits per heavy atom. The molecule has 2 fully saturated rings. The van der Waals surface area contributed by atoms with E-state index in [2.05, 4.69) is 15.5 Å². The summed E-state index contributed by atoms with van der Waals surface area (Å²) in [4.78, 5) is 13.6. The molecule has 1 amide bonds. The average Bonchev–Trinajstić information content (AvgIpc) is 3.03. The first-order valence-corrected chi connectivity index (χ1v) is 11.6. The van der Waals surface area contributed by atoms with Gasteiger partial charge in [0.2, 0.25) is 15.9 Å². The third-order valence-corrected chi connectivity index (χ3v) is 7.53. The zero-order chi connectivity index (χ0) is 21.2. The van der Waals surface area contributed by atoms with Gasteiger partial charge in [0.15, 0.2) is 0 Å². The number of carbonyl (C=O) groups excluding carboxylic acids is 1. The predicted molar refractivity (Wildman–Crippen MR) is 113 cm³/mol. The van der Waals surface area contributed by atoms with Crippen LogP contribution in [0, 0.1) is 0 Å². The molecule has 2 N–H and O–H groups in total. The number of ether oxygens (including phenoxy) is 1. The molecule has 2 aliphatic rings. The number of sulfonamides is 1. The number of benzene rings is 1. The van der Waals surface area contributed by atoms with Gasteiger partial charge in [0.05, 0.1) is 23.3 Å². The van der Waals surface area contributed by atoms with E-state index in [9.17, 15) is 13.2 Å². The number of amides is 1. The van der Waals surface area contributed by atoms with E-state index >= 15 is 0 Å². The van der Waals surface area contributed by atoms with Crippen molar-refractivity contribution in [1.82, 2.24) is 14.5 Å². The summed E-state index contributed by atoms with van der Waals surface area (Å²) in [7, 11) is -2.13. The van der Waals surface area contributed by atoms with Crippen LogP contribution in [0.5, 0.6) is 0 Å². The van der Waals surface area contributed by atoms with Gasteiger partial charge in [-0.25, -0.2) is 8.42 Å². The van der Waals surface area contributed by atoms with Crippen LogP contribution < -0.4 is 10.6 Å². The number of anilines is 1. The molecule has 0 aromatic heterocycles. The highest BCUT2D eigenvalue weighted by molar-refractivity contribution is 7.89. The Balaban J connectivity index is 1.62. The Morgan fingerprint density at radius 2 is 2.00 bits per heavy atom. The quantitative estimate of drug-likeness (QED) is 0.660. The van der Waals surface area contributed by atoms with Crippen molar-refractivity contribution >= 4 is 33.2 Å². The molecule has 3 atom stereocenters. The van der Waals surface area contributed by atoms with Crippen molar-refractivity contribution in [1.29, 1.82) is 0 Å². The highest BCUT2D eigenvalue weighted by Gasteiger charge is 2.27. The lowest BCUT2D eigenvalue weighted by Crippen LogP contribution is -2.48. The summed E-state index contributed by atoms with van der Waals surface area (Å²) >= 11 is 6.30. The first-order valence-electron chi connectivity index (χ1n) is 9.82. The minimum Gasteiger partial charge on any atom is -0.380 e. The summed E-state index contributed by atoms with van der Waals surface area (Å²) in [5.74, 6) is -0.00141. The summed E-state index contributed by atoms with van der Waals surface area (Å²) in [5.41, 5.74) is 0.689. The molecule has 0 aliphatic carbocycles. The summed E-state index contributed by atoms with van der Waals surface area (Å²) < 4.78 is 33.0. The fourth-order valence-electron chi connectivity index (χ4n) is 3.78. The van der Waals surface area contributed by atoms with Crippen LogP contribution >= 0.6 is 11.6 Å². The lowest BCUT2D eigenvalue weighted by Gasteiger charge is -2.35. The lowest BCUT2D eigenvalue weighted by atomic mass is 10.2. The van der Waals surface area contributed by atoms with Crippen LogP contribution in [0.25, 0.3) is 0 Å². The number of carbonyl (C=O) groups is 1. The average molecular weight is 445 g/mol. The number of rotatable bonds is 7. The maximum Gasteiger partial charge on any atom is 0.244 e. The third-order valence-electron chi connectivity index (χ3n) is 5.19. The van der Waals surface area contributed by atoms with Crippen molar-refractivity contribution in [2.45, 2.75) is 43.4 Å². The minimum absolute atomic E-state index is 0.00141. The summed E-state index contributed by atoms with van der Waals surface area (Å²) in [6.07, 6.45) is 0.667. The van der Waals surface area contributed by atoms with Gasteiger partial charge in [-0.2, -0.15) is 4.31 Å². The molecule has 2 aliphatic heterocycles. The second-order valence-corrected chi connectivity index (χ2v) is 10.3. The van der Waals surface area contributed by atoms with E-state index in [4.69, 9.17) is 16.3 Å². The second kappa shape index (κ2) is 9.18. The standard InChI is InChI=1S/C19H29ClN4O4S/c1-13-11-24(12-14(2)28-13)7-6-23(3)29(26,27)18-5-4-15(8-17(18)20)22-16-9-19(25)21-10-16/h4-5,8,13-14,16,22H,6-7,9-12H2,1-3H3,(H,21,25)/t13-,14+,16?. The molecule has 2 heterocycles. The first kappa shape index (κ1) is 22.3. The number of likely N-dealkylation sites (N-methyl/N-ethyl adjacent to an activating group) is 1. The normalized spacial score (nSPS) is 26.0. The molecule has 1 aromatic rings. The van der Waals surface area contributed by atoms with E-state index < -0.39 is 10.0 Å². The zero-order valence-electron chi connectivity index (χ0n) is 17.0. The SMILES string of the molecule is C[C@@H]1CN(CCN(C)S(=O)(=O)c2ccc(NC3CNC(=O)C3)cc2Cl)C[C@H](C)O1. The Morgan fingerprint density at radius 3 is 2.59 bits per heavy atom. The number of hydrogen-bond donors (Lipinski definition) is 2. The van der Waals surface area contributed by atoms with E-state index in [0.29, 0.717) is 31.7 Å². The Hall–Kier alpha value is -1.39. The van der Waals surface area contributed by atoms with Gasteiger partial charge in [0.25, 0.3) is 0 Å². The van der Waals surface area contributed by atoms with Gasteiger partial charge < -0.3 is 15.4 Å². The van der Waals surface area contributed by atoms with E-state index in [-0.39, 0.29) is 34.1 Å². The molecule has 29 heavy (non-hydrogen) atoms. The van der Waals surface area contributed by atoms with Gasteiger partial charge in [0.1, 0.15) is 4.90 Å². The molecule has 8 nitrogen and oxygen atoms in total. The molecular formula is C19H29ClN4O4S. The van der Waals surface area contributed by atoms with Gasteiger partial charge >= 0.3 is 0 Å². The van der Waals surface area contributed by atoms with Crippen molar-refractivity contribution in [3.8, 4) is 0 Å². The summed E-state index contributed by atoms with van der Waals surface area (Å²) in [6, 6.07) is 4.76. The number of hydrogen-bond acceptors (Lipinski definition) is 6. The predicted octanol–water partition coefficient (Wildman–Crippen LogP) is 1.37. The third kappa shape index (κ3) is 5.61. The van der Waals surface area contributed by atoms with Gasteiger partial charge in [-0.3, -0.25) is 9.69 Å². The van der Waals surface area contributed by atoms with E-state index in [1.807, 2.05) is 13.8 Å². The molecule has 3 rings (SSSR count). The molecule has 2 saturated heterocycles. The molecule has 0 radical (unpaired) electrons. The van der Waals surface area contributed by atoms with Gasteiger partial charge in [0, 0.05) is 51.9 Å². The monoisotopic (exact) mass is 444 g/mol. The molecule has 1 unspecified atom stereocenters. The van der Waals surface area contributed by atoms with Gasteiger partial charge in [-0.05, 0) is 32.0 Å². The Labute approximate surface area is 177 Å². The molecule has 0 spiro atoms. The number of nitrogens with zero attached hydrogens (tertiary/aromatic N) is 2. The van der Waals surface area contributed by atoms with Crippen LogP contribution in [0.1, 0.15) is 20.3 Å². The maximum atomic E-state index is 13.0. The molecule has 1 aromatic carbocycles. The minimum atomic E-state index is -3.70. The van der Waals surface area contributed by atoms with Gasteiger partial charge in [-0.1, -0.05) is 11.6 Å². The van der Waals surface area contributed by atoms with Crippen molar-refractivity contribution in [2.75, 3.05) is 45.1 Å². The van der Waals surface area contributed by atoms with Gasteiger partial charge in [-0.15, -0.1) is 0 Å². The Bertz CT molecular complexity index is 841. The summed E-state index contributed by atoms with van der Waals surface area (Å²) in [5, 5.41) is 6.11. The number of morpholine rings is 1. The molecule has 0 bridgehead atoms. The summed E-state index contributed by atoms with van der Waals surface area (Å²) in [6.45, 7) is 7.17. The molecular weight excluding hydrogens is 416 g/mol. The van der Waals surface area contributed by atoms with Crippen LogP contribution in [0.3, 0.4) is 0 Å². The fourth-order valence-corrected chi connectivity index (χ4v) is 5.46. The van der Waals surface area contributed by atoms with Crippen molar-refractivity contribution < 1.29 is 17.9 Å². The van der Waals surface area contributed by atoms with Crippen molar-refractivity contribution in [3.05, 3.63) is 23.2 Å². The van der Waals surface area contributed by atoms with E-state index in [1.165, 1.54) is 10.4 Å². The van der Waals surface area contributed by atoms with Crippen LogP contribution in [0.4, 0.5) is 5.69 Å². The largest absolute Gasteiger partial charge is 0.380 e.